The molecule has 374 valence electrons. The summed E-state index contributed by atoms with van der Waals surface area (Å²) < 4.78 is 16.8. The number of carbonyl (C=O) groups excluding carboxylic acids is 3. The van der Waals surface area contributed by atoms with Crippen LogP contribution in [-0.2, 0) is 28.6 Å². The molecule has 0 aromatic carbocycles. The van der Waals surface area contributed by atoms with Gasteiger partial charge < -0.3 is 14.2 Å². The summed E-state index contributed by atoms with van der Waals surface area (Å²) in [6, 6.07) is 0. The molecule has 0 N–H and O–H groups in total. The van der Waals surface area contributed by atoms with E-state index in [4.69, 9.17) is 14.2 Å². The minimum atomic E-state index is -0.807. The third-order valence-electron chi connectivity index (χ3n) is 11.1. The van der Waals surface area contributed by atoms with Gasteiger partial charge >= 0.3 is 17.9 Å². The number of hydrogen-bond donors (Lipinski definition) is 0. The van der Waals surface area contributed by atoms with Crippen LogP contribution in [0, 0.1) is 0 Å². The van der Waals surface area contributed by atoms with E-state index in [2.05, 4.69) is 81.5 Å². The second-order valence-corrected chi connectivity index (χ2v) is 17.5. The van der Waals surface area contributed by atoms with Gasteiger partial charge in [0.25, 0.3) is 0 Å². The van der Waals surface area contributed by atoms with Crippen LogP contribution in [0.25, 0.3) is 0 Å². The van der Waals surface area contributed by atoms with Crippen LogP contribution in [0.15, 0.2) is 109 Å². The fourth-order valence-corrected chi connectivity index (χ4v) is 7.14. The van der Waals surface area contributed by atoms with E-state index in [-0.39, 0.29) is 37.5 Å². The van der Waals surface area contributed by atoms with Crippen molar-refractivity contribution in [2.45, 2.75) is 239 Å². The Bertz CT molecular complexity index is 1370. The number of carbonyl (C=O) groups is 3. The lowest BCUT2D eigenvalue weighted by molar-refractivity contribution is -0.167. The Kier molecular flexibility index (Phi) is 50.5. The number of esters is 3. The number of hydrogen-bond acceptors (Lipinski definition) is 6. The molecule has 66 heavy (non-hydrogen) atoms. The summed E-state index contributed by atoms with van der Waals surface area (Å²) in [5, 5.41) is 0. The normalized spacial score (nSPS) is 13.0. The predicted octanol–water partition coefficient (Wildman–Crippen LogP) is 17.9. The summed E-state index contributed by atoms with van der Waals surface area (Å²) in [4.78, 5) is 38.1. The van der Waals surface area contributed by atoms with Crippen molar-refractivity contribution < 1.29 is 28.6 Å². The van der Waals surface area contributed by atoms with Gasteiger partial charge in [-0.25, -0.2) is 0 Å². The number of ether oxygens (including phenoxy) is 3. The molecule has 0 rings (SSSR count). The van der Waals surface area contributed by atoms with Gasteiger partial charge in [-0.05, 0) is 89.9 Å². The average Bonchev–Trinajstić information content (AvgIpc) is 3.31. The molecule has 0 aliphatic heterocycles. The zero-order valence-corrected chi connectivity index (χ0v) is 42.7. The molecule has 6 nitrogen and oxygen atoms in total. The summed E-state index contributed by atoms with van der Waals surface area (Å²) in [5.41, 5.74) is 0. The molecule has 0 heterocycles. The van der Waals surface area contributed by atoms with Crippen LogP contribution in [-0.4, -0.2) is 37.2 Å². The van der Waals surface area contributed by atoms with E-state index >= 15 is 0 Å². The summed E-state index contributed by atoms with van der Waals surface area (Å²) in [5.74, 6) is -0.958. The Labute approximate surface area is 406 Å². The van der Waals surface area contributed by atoms with Crippen molar-refractivity contribution in [3.63, 3.8) is 0 Å². The average molecular weight is 915 g/mol. The lowest BCUT2D eigenvalue weighted by Gasteiger charge is -2.18. The van der Waals surface area contributed by atoms with E-state index in [0.717, 1.165) is 83.5 Å². The minimum Gasteiger partial charge on any atom is -0.462 e. The summed E-state index contributed by atoms with van der Waals surface area (Å²) >= 11 is 0. The predicted molar refractivity (Wildman–Crippen MR) is 283 cm³/mol. The molecule has 0 aromatic rings. The van der Waals surface area contributed by atoms with Gasteiger partial charge in [-0.3, -0.25) is 14.4 Å². The quantitative estimate of drug-likeness (QED) is 0.0199. The highest BCUT2D eigenvalue weighted by Gasteiger charge is 2.19. The first-order chi connectivity index (χ1) is 32.5. The van der Waals surface area contributed by atoms with E-state index in [1.165, 1.54) is 103 Å². The first-order valence-electron chi connectivity index (χ1n) is 27.0. The molecular weight excluding hydrogens is 817 g/mol. The highest BCUT2D eigenvalue weighted by molar-refractivity contribution is 5.71. The summed E-state index contributed by atoms with van der Waals surface area (Å²) in [7, 11) is 0. The van der Waals surface area contributed by atoms with Crippen LogP contribution in [0.1, 0.15) is 233 Å². The maximum atomic E-state index is 12.8. The number of rotatable bonds is 47. The summed E-state index contributed by atoms with van der Waals surface area (Å²) in [6.07, 6.45) is 72.1. The molecule has 0 saturated carbocycles. The van der Waals surface area contributed by atoms with Crippen LogP contribution in [0.5, 0.6) is 0 Å². The molecule has 0 bridgehead atoms. The van der Waals surface area contributed by atoms with Gasteiger partial charge in [0.05, 0.1) is 0 Å². The molecule has 0 amide bonds. The molecule has 1 atom stereocenters. The topological polar surface area (TPSA) is 78.9 Å². The Hall–Kier alpha value is -3.93. The Morgan fingerprint density at radius 3 is 1.12 bits per heavy atom. The molecule has 0 radical (unpaired) electrons. The third-order valence-corrected chi connectivity index (χ3v) is 11.1. The zero-order valence-electron chi connectivity index (χ0n) is 42.7. The van der Waals surface area contributed by atoms with Gasteiger partial charge in [0.1, 0.15) is 13.2 Å². The Morgan fingerprint density at radius 2 is 0.667 bits per heavy atom. The lowest BCUT2D eigenvalue weighted by Crippen LogP contribution is -2.30. The molecular formula is C60H98O6. The molecule has 1 unspecified atom stereocenters. The second-order valence-electron chi connectivity index (χ2n) is 17.5. The largest absolute Gasteiger partial charge is 0.462 e. The minimum absolute atomic E-state index is 0.101. The fraction of sp³-hybridized carbons (Fsp3) is 0.650. The van der Waals surface area contributed by atoms with Crippen molar-refractivity contribution in [1.82, 2.24) is 0 Å². The first kappa shape index (κ1) is 62.1. The molecule has 0 aromatic heterocycles. The molecule has 0 aliphatic rings. The van der Waals surface area contributed by atoms with Crippen LogP contribution < -0.4 is 0 Å². The van der Waals surface area contributed by atoms with Gasteiger partial charge in [-0.15, -0.1) is 0 Å². The number of unbranched alkanes of at least 4 members (excludes halogenated alkanes) is 23. The number of allylic oxidation sites excluding steroid dienone is 18. The lowest BCUT2D eigenvalue weighted by atomic mass is 10.1. The van der Waals surface area contributed by atoms with Gasteiger partial charge in [0, 0.05) is 19.3 Å². The van der Waals surface area contributed by atoms with Gasteiger partial charge in [-0.1, -0.05) is 233 Å². The molecule has 0 fully saturated rings. The Morgan fingerprint density at radius 1 is 0.333 bits per heavy atom. The van der Waals surface area contributed by atoms with Crippen molar-refractivity contribution in [2.24, 2.45) is 0 Å². The van der Waals surface area contributed by atoms with Gasteiger partial charge in [0.2, 0.25) is 0 Å². The highest BCUT2D eigenvalue weighted by Crippen LogP contribution is 2.14. The smallest absolute Gasteiger partial charge is 0.306 e. The van der Waals surface area contributed by atoms with Crippen molar-refractivity contribution in [1.29, 1.82) is 0 Å². The van der Waals surface area contributed by atoms with E-state index < -0.39 is 6.10 Å². The third kappa shape index (κ3) is 51.1. The molecule has 0 spiro atoms. The van der Waals surface area contributed by atoms with Crippen molar-refractivity contribution in [3.8, 4) is 0 Å². The summed E-state index contributed by atoms with van der Waals surface area (Å²) in [6.45, 7) is 6.31. The van der Waals surface area contributed by atoms with Crippen molar-refractivity contribution in [3.05, 3.63) is 109 Å². The van der Waals surface area contributed by atoms with E-state index in [9.17, 15) is 14.4 Å². The second kappa shape index (κ2) is 53.7. The zero-order chi connectivity index (χ0) is 47.9. The van der Waals surface area contributed by atoms with E-state index in [1.807, 2.05) is 48.6 Å². The van der Waals surface area contributed by atoms with Crippen molar-refractivity contribution in [2.75, 3.05) is 13.2 Å². The highest BCUT2D eigenvalue weighted by atomic mass is 16.6. The van der Waals surface area contributed by atoms with Crippen LogP contribution in [0.3, 0.4) is 0 Å². The monoisotopic (exact) mass is 915 g/mol. The van der Waals surface area contributed by atoms with Crippen LogP contribution in [0.2, 0.25) is 0 Å². The fourth-order valence-electron chi connectivity index (χ4n) is 7.14. The van der Waals surface area contributed by atoms with Crippen LogP contribution in [0.4, 0.5) is 0 Å². The maximum absolute atomic E-state index is 12.8. The maximum Gasteiger partial charge on any atom is 0.306 e. The first-order valence-corrected chi connectivity index (χ1v) is 27.0. The standard InChI is InChI=1S/C60H98O6/c1-4-7-10-13-16-19-22-25-28-29-30-31-33-35-38-41-44-47-50-53-59(62)65-56-57(55-64-58(61)52-49-46-43-40-37-34-27-24-21-18-15-12-9-6-3)66-60(63)54-51-48-45-42-39-36-32-26-23-20-17-14-11-8-5-2/h8-9,11-12,14,16-23,25-26,32,36,39,57H,4-7,10,13,15,24,27-31,33-35,37-38,40-56H2,1-3H3/b11-8-,12-9-,17-14-,19-16-,21-18-,23-20-,25-22-,32-26-,39-36-. The van der Waals surface area contributed by atoms with E-state index in [0.29, 0.717) is 19.3 Å². The van der Waals surface area contributed by atoms with Gasteiger partial charge in [-0.2, -0.15) is 0 Å². The molecule has 6 heteroatoms. The molecule has 0 saturated heterocycles. The van der Waals surface area contributed by atoms with E-state index in [1.54, 1.807) is 0 Å². The van der Waals surface area contributed by atoms with Gasteiger partial charge in [0.15, 0.2) is 6.10 Å². The van der Waals surface area contributed by atoms with Crippen molar-refractivity contribution >= 4 is 17.9 Å². The Balaban J connectivity index is 4.45. The molecule has 0 aliphatic carbocycles. The SMILES string of the molecule is CC\C=C/C=C\C=C/C=C\C=C/CCCCCC(=O)OC(COC(=O)CCCCCCCCC/C=C\C/C=C\CC)COC(=O)CCCCCCCCCCCC/C=C\C=C/CCCCC. The van der Waals surface area contributed by atoms with Crippen LogP contribution >= 0.6 is 0 Å².